The highest BCUT2D eigenvalue weighted by molar-refractivity contribution is 5.73. The summed E-state index contributed by atoms with van der Waals surface area (Å²) in [6, 6.07) is 0. The fourth-order valence-corrected chi connectivity index (χ4v) is 1.17. The largest absolute Gasteiger partial charge is 0.481 e. The van der Waals surface area contributed by atoms with Gasteiger partial charge < -0.3 is 5.11 Å². The Labute approximate surface area is 81.3 Å². The molecule has 0 unspecified atom stereocenters. The zero-order chi connectivity index (χ0) is 10.7. The minimum atomic E-state index is -0.693. The second kappa shape index (κ2) is 4.12. The molecule has 0 fully saturated rings. The van der Waals surface area contributed by atoms with E-state index in [0.717, 1.165) is 19.3 Å². The summed E-state index contributed by atoms with van der Waals surface area (Å²) in [7, 11) is 0. The molecule has 0 aliphatic heterocycles. The lowest BCUT2D eigenvalue weighted by molar-refractivity contribution is -0.147. The first kappa shape index (κ1) is 12.5. The molecular weight excluding hydrogens is 164 g/mol. The van der Waals surface area contributed by atoms with Crippen molar-refractivity contribution >= 4 is 5.97 Å². The van der Waals surface area contributed by atoms with Gasteiger partial charge in [0.2, 0.25) is 0 Å². The van der Waals surface area contributed by atoms with Crippen molar-refractivity contribution in [3.8, 4) is 0 Å². The first-order valence-electron chi connectivity index (χ1n) is 4.88. The molecule has 0 amide bonds. The number of carboxylic acid groups (broad SMARTS) is 1. The van der Waals surface area contributed by atoms with Gasteiger partial charge in [0.25, 0.3) is 0 Å². The number of hydrogen-bond acceptors (Lipinski definition) is 1. The van der Waals surface area contributed by atoms with Gasteiger partial charge in [-0.1, -0.05) is 27.2 Å². The number of carbonyl (C=O) groups is 1. The molecule has 0 aliphatic rings. The highest BCUT2D eigenvalue weighted by Gasteiger charge is 2.26. The van der Waals surface area contributed by atoms with Crippen molar-refractivity contribution in [2.45, 2.75) is 53.9 Å². The second-order valence-corrected chi connectivity index (χ2v) is 5.60. The van der Waals surface area contributed by atoms with Crippen LogP contribution in [0.2, 0.25) is 0 Å². The third-order valence-electron chi connectivity index (χ3n) is 2.31. The quantitative estimate of drug-likeness (QED) is 0.731. The summed E-state index contributed by atoms with van der Waals surface area (Å²) in [5.74, 6) is -0.693. The predicted molar refractivity (Wildman–Crippen MR) is 54.7 cm³/mol. The van der Waals surface area contributed by atoms with E-state index in [0.29, 0.717) is 5.41 Å². The van der Waals surface area contributed by atoms with Crippen molar-refractivity contribution < 1.29 is 9.90 Å². The molecule has 2 nitrogen and oxygen atoms in total. The van der Waals surface area contributed by atoms with Gasteiger partial charge in [0.05, 0.1) is 5.41 Å². The van der Waals surface area contributed by atoms with Crippen molar-refractivity contribution in [1.82, 2.24) is 0 Å². The van der Waals surface area contributed by atoms with E-state index in [1.165, 1.54) is 0 Å². The summed E-state index contributed by atoms with van der Waals surface area (Å²) >= 11 is 0. The van der Waals surface area contributed by atoms with Gasteiger partial charge >= 0.3 is 5.97 Å². The van der Waals surface area contributed by atoms with Crippen LogP contribution >= 0.6 is 0 Å². The second-order valence-electron chi connectivity index (χ2n) is 5.60. The van der Waals surface area contributed by atoms with Gasteiger partial charge in [0, 0.05) is 0 Å². The molecule has 0 aromatic carbocycles. The maximum atomic E-state index is 10.8. The van der Waals surface area contributed by atoms with Gasteiger partial charge in [-0.25, -0.2) is 0 Å². The Morgan fingerprint density at radius 1 is 1.08 bits per heavy atom. The topological polar surface area (TPSA) is 37.3 Å². The third-order valence-corrected chi connectivity index (χ3v) is 2.31. The Bertz CT molecular complexity index is 175. The molecule has 2 heteroatoms. The summed E-state index contributed by atoms with van der Waals surface area (Å²) in [6.07, 6.45) is 2.84. The van der Waals surface area contributed by atoms with Gasteiger partial charge in [-0.2, -0.15) is 0 Å². The van der Waals surface area contributed by atoms with E-state index in [4.69, 9.17) is 5.11 Å². The lowest BCUT2D eigenvalue weighted by Crippen LogP contribution is -2.23. The molecule has 78 valence electrons. The van der Waals surface area contributed by atoms with Crippen molar-refractivity contribution in [1.29, 1.82) is 0 Å². The Kier molecular flexibility index (Phi) is 3.95. The molecule has 0 saturated heterocycles. The monoisotopic (exact) mass is 186 g/mol. The molecule has 0 bridgehead atoms. The van der Waals surface area contributed by atoms with Crippen LogP contribution in [0.3, 0.4) is 0 Å². The Morgan fingerprint density at radius 2 is 1.54 bits per heavy atom. The fourth-order valence-electron chi connectivity index (χ4n) is 1.17. The maximum Gasteiger partial charge on any atom is 0.309 e. The van der Waals surface area contributed by atoms with E-state index in [9.17, 15) is 4.79 Å². The van der Waals surface area contributed by atoms with Crippen molar-refractivity contribution in [2.75, 3.05) is 0 Å². The van der Waals surface area contributed by atoms with Crippen LogP contribution in [0, 0.1) is 10.8 Å². The van der Waals surface area contributed by atoms with E-state index in [2.05, 4.69) is 20.8 Å². The van der Waals surface area contributed by atoms with Crippen molar-refractivity contribution in [3.63, 3.8) is 0 Å². The van der Waals surface area contributed by atoms with E-state index in [1.54, 1.807) is 13.8 Å². The average molecular weight is 186 g/mol. The van der Waals surface area contributed by atoms with E-state index >= 15 is 0 Å². The lowest BCUT2D eigenvalue weighted by atomic mass is 9.83. The van der Waals surface area contributed by atoms with E-state index in [1.807, 2.05) is 0 Å². The molecule has 0 radical (unpaired) electrons. The smallest absolute Gasteiger partial charge is 0.309 e. The molecule has 0 atom stereocenters. The highest BCUT2D eigenvalue weighted by Crippen LogP contribution is 2.28. The van der Waals surface area contributed by atoms with Crippen LogP contribution in [-0.2, 0) is 4.79 Å². The first-order valence-corrected chi connectivity index (χ1v) is 4.88. The number of hydrogen-bond donors (Lipinski definition) is 1. The van der Waals surface area contributed by atoms with Crippen LogP contribution in [0.15, 0.2) is 0 Å². The van der Waals surface area contributed by atoms with E-state index < -0.39 is 11.4 Å². The van der Waals surface area contributed by atoms with Gasteiger partial charge in [-0.05, 0) is 32.1 Å². The number of aliphatic carboxylic acids is 1. The Morgan fingerprint density at radius 3 is 1.85 bits per heavy atom. The van der Waals surface area contributed by atoms with Gasteiger partial charge in [0.15, 0.2) is 0 Å². The highest BCUT2D eigenvalue weighted by atomic mass is 16.4. The van der Waals surface area contributed by atoms with Crippen LogP contribution < -0.4 is 0 Å². The molecule has 13 heavy (non-hydrogen) atoms. The molecule has 0 aromatic rings. The molecule has 0 aromatic heterocycles. The molecular formula is C11H22O2. The fraction of sp³-hybridized carbons (Fsp3) is 0.909. The SMILES string of the molecule is CC(C)(C)CCCC(C)(C)C(=O)O. The summed E-state index contributed by atoms with van der Waals surface area (Å²) in [4.78, 5) is 10.8. The zero-order valence-corrected chi connectivity index (χ0v) is 9.48. The molecule has 0 rings (SSSR count). The van der Waals surface area contributed by atoms with Crippen molar-refractivity contribution in [2.24, 2.45) is 10.8 Å². The number of rotatable bonds is 4. The predicted octanol–water partition coefficient (Wildman–Crippen LogP) is 3.31. The maximum absolute atomic E-state index is 10.8. The molecule has 0 aliphatic carbocycles. The Balaban J connectivity index is 3.84. The van der Waals surface area contributed by atoms with Gasteiger partial charge in [-0.15, -0.1) is 0 Å². The molecule has 1 N–H and O–H groups in total. The summed E-state index contributed by atoms with van der Waals surface area (Å²) in [6.45, 7) is 10.1. The summed E-state index contributed by atoms with van der Waals surface area (Å²) in [5, 5.41) is 8.87. The first-order chi connectivity index (χ1) is 5.65. The van der Waals surface area contributed by atoms with Crippen LogP contribution in [0.4, 0.5) is 0 Å². The molecule has 0 saturated carbocycles. The normalized spacial score (nSPS) is 13.0. The summed E-state index contributed by atoms with van der Waals surface area (Å²) < 4.78 is 0. The molecule has 0 heterocycles. The van der Waals surface area contributed by atoms with Crippen LogP contribution in [0.1, 0.15) is 53.9 Å². The minimum Gasteiger partial charge on any atom is -0.481 e. The minimum absolute atomic E-state index is 0.314. The third kappa shape index (κ3) is 5.67. The van der Waals surface area contributed by atoms with Crippen LogP contribution in [0.5, 0.6) is 0 Å². The van der Waals surface area contributed by atoms with Gasteiger partial charge in [0.1, 0.15) is 0 Å². The lowest BCUT2D eigenvalue weighted by Gasteiger charge is -2.22. The number of carboxylic acids is 1. The molecule has 0 spiro atoms. The zero-order valence-electron chi connectivity index (χ0n) is 9.48. The standard InChI is InChI=1S/C11H22O2/c1-10(2,3)7-6-8-11(4,5)9(12)13/h6-8H2,1-5H3,(H,12,13). The van der Waals surface area contributed by atoms with Crippen molar-refractivity contribution in [3.05, 3.63) is 0 Å². The Hall–Kier alpha value is -0.530. The average Bonchev–Trinajstić information content (AvgIpc) is 1.82. The van der Waals surface area contributed by atoms with E-state index in [-0.39, 0.29) is 0 Å². The summed E-state index contributed by atoms with van der Waals surface area (Å²) in [5.41, 5.74) is -0.250. The van der Waals surface area contributed by atoms with Crippen LogP contribution in [-0.4, -0.2) is 11.1 Å². The van der Waals surface area contributed by atoms with Gasteiger partial charge in [-0.3, -0.25) is 4.79 Å². The van der Waals surface area contributed by atoms with Crippen LogP contribution in [0.25, 0.3) is 0 Å².